The largest absolute Gasteiger partial charge is 0.444 e. The maximum Gasteiger partial charge on any atom is 0.410 e. The Bertz CT molecular complexity index is 507. The van der Waals surface area contributed by atoms with Crippen molar-refractivity contribution in [3.63, 3.8) is 0 Å². The number of carbonyl (C=O) groups excluding carboxylic acids is 1. The van der Waals surface area contributed by atoms with Gasteiger partial charge in [0.15, 0.2) is 0 Å². The number of H-pyrrole nitrogens is 1. The molecule has 1 aromatic rings. The summed E-state index contributed by atoms with van der Waals surface area (Å²) < 4.78 is 5.49. The highest BCUT2D eigenvalue weighted by atomic mass is 16.6. The number of aryl methyl sites for hydroxylation is 2. The summed E-state index contributed by atoms with van der Waals surface area (Å²) in [5, 5.41) is 10.5. The standard InChI is InChI=1S/C17H30N4O2/c1-13-14(11-19-20-13)7-5-9-18-12-15-8-6-10-21(15)16(22)23-17(2,3)4/h11,15,18H,5-10,12H2,1-4H3,(H,19,20). The van der Waals surface area contributed by atoms with Crippen molar-refractivity contribution in [1.29, 1.82) is 0 Å². The molecule has 2 N–H and O–H groups in total. The number of hydrogen-bond acceptors (Lipinski definition) is 4. The van der Waals surface area contributed by atoms with Gasteiger partial charge in [0, 0.05) is 24.8 Å². The molecule has 1 unspecified atom stereocenters. The third-order valence-electron chi connectivity index (χ3n) is 4.12. The monoisotopic (exact) mass is 322 g/mol. The summed E-state index contributed by atoms with van der Waals surface area (Å²) in [5.74, 6) is 0. The first-order valence-corrected chi connectivity index (χ1v) is 8.56. The van der Waals surface area contributed by atoms with Crippen LogP contribution in [0.2, 0.25) is 0 Å². The molecule has 0 aromatic carbocycles. The van der Waals surface area contributed by atoms with Gasteiger partial charge in [-0.2, -0.15) is 5.10 Å². The Balaban J connectivity index is 1.68. The molecule has 6 heteroatoms. The van der Waals surface area contributed by atoms with Crippen molar-refractivity contribution in [2.45, 2.75) is 65.0 Å². The highest BCUT2D eigenvalue weighted by molar-refractivity contribution is 5.69. The van der Waals surface area contributed by atoms with E-state index in [1.54, 1.807) is 0 Å². The average molecular weight is 322 g/mol. The molecule has 1 saturated heterocycles. The van der Waals surface area contributed by atoms with E-state index in [4.69, 9.17) is 4.74 Å². The summed E-state index contributed by atoms with van der Waals surface area (Å²) in [4.78, 5) is 14.1. The molecule has 2 rings (SSSR count). The third kappa shape index (κ3) is 5.53. The van der Waals surface area contributed by atoms with Crippen LogP contribution in [-0.2, 0) is 11.2 Å². The molecule has 1 fully saturated rings. The van der Waals surface area contributed by atoms with E-state index in [0.29, 0.717) is 0 Å². The predicted octanol–water partition coefficient (Wildman–Crippen LogP) is 2.64. The number of hydrogen-bond donors (Lipinski definition) is 2. The zero-order valence-electron chi connectivity index (χ0n) is 14.8. The van der Waals surface area contributed by atoms with E-state index in [2.05, 4.69) is 15.5 Å². The Morgan fingerprint density at radius 3 is 2.96 bits per heavy atom. The smallest absolute Gasteiger partial charge is 0.410 e. The summed E-state index contributed by atoms with van der Waals surface area (Å²) >= 11 is 0. The van der Waals surface area contributed by atoms with Crippen LogP contribution in [0.1, 0.15) is 51.3 Å². The maximum atomic E-state index is 12.2. The van der Waals surface area contributed by atoms with Gasteiger partial charge < -0.3 is 15.0 Å². The molecule has 6 nitrogen and oxygen atoms in total. The van der Waals surface area contributed by atoms with E-state index in [-0.39, 0.29) is 12.1 Å². The van der Waals surface area contributed by atoms with Crippen molar-refractivity contribution in [3.05, 3.63) is 17.5 Å². The first-order valence-electron chi connectivity index (χ1n) is 8.56. The van der Waals surface area contributed by atoms with E-state index in [0.717, 1.165) is 51.0 Å². The van der Waals surface area contributed by atoms with E-state index in [1.165, 1.54) is 5.56 Å². The molecular formula is C17H30N4O2. The predicted molar refractivity (Wildman–Crippen MR) is 90.5 cm³/mol. The van der Waals surface area contributed by atoms with Gasteiger partial charge in [0.05, 0.1) is 6.20 Å². The molecular weight excluding hydrogens is 292 g/mol. The van der Waals surface area contributed by atoms with Crippen molar-refractivity contribution in [2.24, 2.45) is 0 Å². The third-order valence-corrected chi connectivity index (χ3v) is 4.12. The van der Waals surface area contributed by atoms with Gasteiger partial charge in [-0.05, 0) is 65.5 Å². The van der Waals surface area contributed by atoms with Crippen LogP contribution in [0.4, 0.5) is 4.79 Å². The van der Waals surface area contributed by atoms with Crippen LogP contribution in [-0.4, -0.2) is 52.5 Å². The normalized spacial score (nSPS) is 18.4. The van der Waals surface area contributed by atoms with Crippen LogP contribution >= 0.6 is 0 Å². The van der Waals surface area contributed by atoms with Crippen molar-refractivity contribution in [3.8, 4) is 0 Å². The Kier molecular flexibility index (Phi) is 6.04. The lowest BCUT2D eigenvalue weighted by Gasteiger charge is -2.28. The molecule has 1 aliphatic rings. The number of aromatic amines is 1. The van der Waals surface area contributed by atoms with Crippen molar-refractivity contribution in [1.82, 2.24) is 20.4 Å². The van der Waals surface area contributed by atoms with Crippen LogP contribution < -0.4 is 5.32 Å². The van der Waals surface area contributed by atoms with E-state index < -0.39 is 5.60 Å². The molecule has 23 heavy (non-hydrogen) atoms. The number of rotatable bonds is 6. The molecule has 0 spiro atoms. The number of ether oxygens (including phenoxy) is 1. The van der Waals surface area contributed by atoms with Crippen LogP contribution in [0, 0.1) is 6.92 Å². The lowest BCUT2D eigenvalue weighted by atomic mass is 10.1. The van der Waals surface area contributed by atoms with Crippen LogP contribution in [0.15, 0.2) is 6.20 Å². The molecule has 0 aliphatic carbocycles. The molecule has 130 valence electrons. The Morgan fingerprint density at radius 1 is 1.52 bits per heavy atom. The number of aromatic nitrogens is 2. The second-order valence-electron chi connectivity index (χ2n) is 7.30. The van der Waals surface area contributed by atoms with E-state index >= 15 is 0 Å². The maximum absolute atomic E-state index is 12.2. The van der Waals surface area contributed by atoms with Gasteiger partial charge in [-0.15, -0.1) is 0 Å². The number of carbonyl (C=O) groups is 1. The molecule has 1 atom stereocenters. The number of nitrogens with one attached hydrogen (secondary N) is 2. The Labute approximate surface area is 139 Å². The number of nitrogens with zero attached hydrogens (tertiary/aromatic N) is 2. The Hall–Kier alpha value is -1.56. The van der Waals surface area contributed by atoms with Crippen LogP contribution in [0.3, 0.4) is 0 Å². The first kappa shape index (κ1) is 17.8. The van der Waals surface area contributed by atoms with Crippen LogP contribution in [0.5, 0.6) is 0 Å². The second-order valence-corrected chi connectivity index (χ2v) is 7.30. The molecule has 2 heterocycles. The Morgan fingerprint density at radius 2 is 2.30 bits per heavy atom. The van der Waals surface area contributed by atoms with Gasteiger partial charge in [-0.25, -0.2) is 4.79 Å². The fraction of sp³-hybridized carbons (Fsp3) is 0.765. The highest BCUT2D eigenvalue weighted by Crippen LogP contribution is 2.20. The van der Waals surface area contributed by atoms with Crippen molar-refractivity contribution < 1.29 is 9.53 Å². The summed E-state index contributed by atoms with van der Waals surface area (Å²) in [6.45, 7) is 10.4. The molecule has 0 bridgehead atoms. The minimum Gasteiger partial charge on any atom is -0.444 e. The van der Waals surface area contributed by atoms with Gasteiger partial charge >= 0.3 is 6.09 Å². The minimum absolute atomic E-state index is 0.184. The average Bonchev–Trinajstić information content (AvgIpc) is 3.06. The van der Waals surface area contributed by atoms with Crippen molar-refractivity contribution >= 4 is 6.09 Å². The molecule has 1 amide bonds. The highest BCUT2D eigenvalue weighted by Gasteiger charge is 2.31. The van der Waals surface area contributed by atoms with Gasteiger partial charge in [-0.3, -0.25) is 5.10 Å². The SMILES string of the molecule is Cc1[nH]ncc1CCCNCC1CCCN1C(=O)OC(C)(C)C. The van der Waals surface area contributed by atoms with Gasteiger partial charge in [0.2, 0.25) is 0 Å². The lowest BCUT2D eigenvalue weighted by molar-refractivity contribution is 0.0226. The number of amides is 1. The summed E-state index contributed by atoms with van der Waals surface area (Å²) in [6.07, 6.45) is 5.91. The van der Waals surface area contributed by atoms with Gasteiger partial charge in [0.1, 0.15) is 5.60 Å². The quantitative estimate of drug-likeness (QED) is 0.790. The van der Waals surface area contributed by atoms with Gasteiger partial charge in [0.25, 0.3) is 0 Å². The summed E-state index contributed by atoms with van der Waals surface area (Å²) in [6, 6.07) is 0.250. The van der Waals surface area contributed by atoms with Crippen LogP contribution in [0.25, 0.3) is 0 Å². The number of likely N-dealkylation sites (tertiary alicyclic amines) is 1. The first-order chi connectivity index (χ1) is 10.9. The fourth-order valence-corrected chi connectivity index (χ4v) is 2.91. The summed E-state index contributed by atoms with van der Waals surface area (Å²) in [5.41, 5.74) is 2.00. The summed E-state index contributed by atoms with van der Waals surface area (Å²) in [7, 11) is 0. The zero-order valence-corrected chi connectivity index (χ0v) is 14.8. The fourth-order valence-electron chi connectivity index (χ4n) is 2.91. The molecule has 1 aliphatic heterocycles. The lowest BCUT2D eigenvalue weighted by Crippen LogP contribution is -2.44. The van der Waals surface area contributed by atoms with Crippen molar-refractivity contribution in [2.75, 3.05) is 19.6 Å². The molecule has 1 aromatic heterocycles. The minimum atomic E-state index is -0.430. The zero-order chi connectivity index (χ0) is 16.9. The molecule has 0 saturated carbocycles. The van der Waals surface area contributed by atoms with Gasteiger partial charge in [-0.1, -0.05) is 0 Å². The van der Waals surface area contributed by atoms with E-state index in [9.17, 15) is 4.79 Å². The molecule has 0 radical (unpaired) electrons. The second kappa shape index (κ2) is 7.81. The van der Waals surface area contributed by atoms with E-state index in [1.807, 2.05) is 38.8 Å². The topological polar surface area (TPSA) is 70.2 Å².